The molecule has 0 saturated carbocycles. The number of hydrogen-bond acceptors (Lipinski definition) is 10. The number of ether oxygens (including phenoxy) is 7. The van der Waals surface area contributed by atoms with Gasteiger partial charge in [-0.3, -0.25) is 0 Å². The van der Waals surface area contributed by atoms with Crippen LogP contribution in [0.5, 0.6) is 0 Å². The van der Waals surface area contributed by atoms with Crippen molar-refractivity contribution in [3.63, 3.8) is 0 Å². The molecule has 0 heterocycles. The normalized spacial score (nSPS) is 16.9. The van der Waals surface area contributed by atoms with Crippen LogP contribution < -0.4 is 0 Å². The van der Waals surface area contributed by atoms with E-state index < -0.39 is 6.10 Å². The van der Waals surface area contributed by atoms with Gasteiger partial charge in [0, 0.05) is 7.11 Å². The molecule has 0 aliphatic carbocycles. The first kappa shape index (κ1) is 34.8. The lowest BCUT2D eigenvalue weighted by atomic mass is 10.3. The van der Waals surface area contributed by atoms with Gasteiger partial charge in [-0.25, -0.2) is 0 Å². The Labute approximate surface area is 200 Å². The van der Waals surface area contributed by atoms with Gasteiger partial charge in [0.1, 0.15) is 0 Å². The lowest BCUT2D eigenvalue weighted by Gasteiger charge is -2.22. The summed E-state index contributed by atoms with van der Waals surface area (Å²) in [7, 11) is 1.66. The van der Waals surface area contributed by atoms with E-state index in [-0.39, 0.29) is 43.7 Å². The predicted molar refractivity (Wildman–Crippen MR) is 126 cm³/mol. The van der Waals surface area contributed by atoms with E-state index >= 15 is 0 Å². The van der Waals surface area contributed by atoms with Crippen LogP contribution in [0.3, 0.4) is 0 Å². The molecule has 202 valence electrons. The maximum Gasteiger partial charge on any atom is 0.0781 e. The van der Waals surface area contributed by atoms with Crippen molar-refractivity contribution in [2.24, 2.45) is 0 Å². The maximum absolute atomic E-state index is 9.19. The largest absolute Gasteiger partial charge is 0.394 e. The molecule has 0 aliphatic rings. The van der Waals surface area contributed by atoms with Crippen molar-refractivity contribution in [1.29, 1.82) is 0 Å². The van der Waals surface area contributed by atoms with Crippen LogP contribution in [0.1, 0.15) is 41.5 Å². The van der Waals surface area contributed by atoms with Crippen LogP contribution in [0.4, 0.5) is 0 Å². The highest BCUT2D eigenvalue weighted by atomic mass is 16.6. The van der Waals surface area contributed by atoms with E-state index in [0.717, 1.165) is 0 Å². The lowest BCUT2D eigenvalue weighted by Crippen LogP contribution is -2.29. The van der Waals surface area contributed by atoms with Crippen LogP contribution in [0.15, 0.2) is 0 Å². The molecule has 0 saturated heterocycles. The fourth-order valence-corrected chi connectivity index (χ4v) is 2.21. The van der Waals surface area contributed by atoms with Crippen LogP contribution >= 0.6 is 0 Å². The molecule has 0 amide bonds. The van der Waals surface area contributed by atoms with Crippen LogP contribution in [-0.2, 0) is 33.2 Å². The van der Waals surface area contributed by atoms with Gasteiger partial charge in [0.2, 0.25) is 0 Å². The third-order valence-electron chi connectivity index (χ3n) is 3.96. The second-order valence-corrected chi connectivity index (χ2v) is 8.08. The third kappa shape index (κ3) is 27.7. The van der Waals surface area contributed by atoms with Gasteiger partial charge < -0.3 is 48.5 Å². The Balaban J connectivity index is 0. The highest BCUT2D eigenvalue weighted by molar-refractivity contribution is 4.58. The molecule has 0 fully saturated rings. The molecule has 0 spiro atoms. The SMILES string of the molecule is COCC(C)OCC(C)OCC(C)OCC(C)OCC(C)OCC(C)O.OCCOCCO. The Morgan fingerprint density at radius 1 is 0.515 bits per heavy atom. The third-order valence-corrected chi connectivity index (χ3v) is 3.96. The summed E-state index contributed by atoms with van der Waals surface area (Å²) in [5, 5.41) is 25.4. The number of aliphatic hydroxyl groups excluding tert-OH is 3. The summed E-state index contributed by atoms with van der Waals surface area (Å²) < 4.78 is 37.9. The summed E-state index contributed by atoms with van der Waals surface area (Å²) >= 11 is 0. The fraction of sp³-hybridized carbons (Fsp3) is 1.00. The van der Waals surface area contributed by atoms with Crippen LogP contribution in [-0.4, -0.2) is 125 Å². The quantitative estimate of drug-likeness (QED) is 0.203. The number of aliphatic hydroxyl groups is 3. The van der Waals surface area contributed by atoms with E-state index in [4.69, 9.17) is 38.6 Å². The maximum atomic E-state index is 9.19. The Morgan fingerprint density at radius 3 is 1.09 bits per heavy atom. The van der Waals surface area contributed by atoms with Gasteiger partial charge in [-0.15, -0.1) is 0 Å². The second kappa shape index (κ2) is 24.7. The van der Waals surface area contributed by atoms with Gasteiger partial charge in [-0.2, -0.15) is 0 Å². The Morgan fingerprint density at radius 2 is 0.818 bits per heavy atom. The highest BCUT2D eigenvalue weighted by Crippen LogP contribution is 2.03. The van der Waals surface area contributed by atoms with E-state index in [0.29, 0.717) is 52.9 Å². The monoisotopic (exact) mass is 486 g/mol. The van der Waals surface area contributed by atoms with Crippen molar-refractivity contribution in [2.75, 3.05) is 73.2 Å². The van der Waals surface area contributed by atoms with E-state index in [1.165, 1.54) is 0 Å². The standard InChI is InChI=1S/C19H40O7.C4H10O3/c1-14(20)8-22-16(3)10-24-18(5)12-26-19(6)13-25-17(4)11-23-15(2)9-21-7;5-1-3-7-4-2-6/h14-20H,8-13H2,1-7H3;5-6H,1-4H2. The zero-order valence-electron chi connectivity index (χ0n) is 21.7. The van der Waals surface area contributed by atoms with Gasteiger partial charge in [0.25, 0.3) is 0 Å². The Hall–Kier alpha value is -0.400. The summed E-state index contributed by atoms with van der Waals surface area (Å²) in [5.74, 6) is 0. The van der Waals surface area contributed by atoms with Crippen LogP contribution in [0.2, 0.25) is 0 Å². The van der Waals surface area contributed by atoms with E-state index in [9.17, 15) is 5.11 Å². The van der Waals surface area contributed by atoms with Gasteiger partial charge >= 0.3 is 0 Å². The molecular formula is C23H50O10. The summed E-state index contributed by atoms with van der Waals surface area (Å²) in [6.45, 7) is 15.1. The minimum Gasteiger partial charge on any atom is -0.394 e. The van der Waals surface area contributed by atoms with Crippen LogP contribution in [0, 0.1) is 0 Å². The molecule has 0 aromatic rings. The van der Waals surface area contributed by atoms with Crippen LogP contribution in [0.25, 0.3) is 0 Å². The molecule has 10 nitrogen and oxygen atoms in total. The molecule has 0 aromatic heterocycles. The summed E-state index contributed by atoms with van der Waals surface area (Å²) in [5.41, 5.74) is 0. The molecule has 6 unspecified atom stereocenters. The van der Waals surface area contributed by atoms with Gasteiger partial charge in [-0.05, 0) is 41.5 Å². The predicted octanol–water partition coefficient (Wildman–Crippen LogP) is 1.03. The molecular weight excluding hydrogens is 436 g/mol. The van der Waals surface area contributed by atoms with Crippen molar-refractivity contribution in [3.8, 4) is 0 Å². The zero-order valence-corrected chi connectivity index (χ0v) is 21.7. The molecule has 33 heavy (non-hydrogen) atoms. The van der Waals surface area contributed by atoms with Gasteiger partial charge in [0.05, 0.1) is 103 Å². The van der Waals surface area contributed by atoms with E-state index in [1.807, 2.05) is 34.6 Å². The topological polar surface area (TPSA) is 125 Å². The molecule has 0 bridgehead atoms. The first-order valence-corrected chi connectivity index (χ1v) is 11.7. The van der Waals surface area contributed by atoms with Crippen molar-refractivity contribution < 1.29 is 48.5 Å². The summed E-state index contributed by atoms with van der Waals surface area (Å²) in [6.07, 6.45) is -0.524. The first-order valence-electron chi connectivity index (χ1n) is 11.7. The second-order valence-electron chi connectivity index (χ2n) is 8.08. The van der Waals surface area contributed by atoms with Crippen molar-refractivity contribution >= 4 is 0 Å². The smallest absolute Gasteiger partial charge is 0.0781 e. The molecule has 6 atom stereocenters. The average Bonchev–Trinajstić information content (AvgIpc) is 2.78. The summed E-state index contributed by atoms with van der Waals surface area (Å²) in [4.78, 5) is 0. The molecule has 0 rings (SSSR count). The first-order chi connectivity index (χ1) is 15.7. The Bertz CT molecular complexity index is 382. The number of rotatable bonds is 21. The number of methoxy groups -OCH3 is 1. The summed E-state index contributed by atoms with van der Waals surface area (Å²) in [6, 6.07) is 0. The number of hydrogen-bond donors (Lipinski definition) is 3. The molecule has 3 N–H and O–H groups in total. The zero-order chi connectivity index (χ0) is 25.5. The molecule has 0 aromatic carbocycles. The highest BCUT2D eigenvalue weighted by Gasteiger charge is 2.12. The minimum absolute atomic E-state index is 0.000874. The van der Waals surface area contributed by atoms with E-state index in [2.05, 4.69) is 4.74 Å². The van der Waals surface area contributed by atoms with Crippen molar-refractivity contribution in [1.82, 2.24) is 0 Å². The van der Waals surface area contributed by atoms with Gasteiger partial charge in [0.15, 0.2) is 0 Å². The van der Waals surface area contributed by atoms with Crippen molar-refractivity contribution in [3.05, 3.63) is 0 Å². The van der Waals surface area contributed by atoms with Gasteiger partial charge in [-0.1, -0.05) is 0 Å². The molecule has 0 radical (unpaired) electrons. The average molecular weight is 487 g/mol. The molecule has 10 heteroatoms. The lowest BCUT2D eigenvalue weighted by molar-refractivity contribution is -0.101. The Kier molecular flexibility index (Phi) is 26.0. The van der Waals surface area contributed by atoms with E-state index in [1.54, 1.807) is 14.0 Å². The minimum atomic E-state index is -0.463. The fourth-order valence-electron chi connectivity index (χ4n) is 2.21. The molecule has 0 aliphatic heterocycles. The van der Waals surface area contributed by atoms with Crippen molar-refractivity contribution in [2.45, 2.75) is 78.2 Å².